The summed E-state index contributed by atoms with van der Waals surface area (Å²) in [5.74, 6) is 5.33. The molecule has 3 amide bonds. The molecule has 0 spiro atoms. The van der Waals surface area contributed by atoms with Crippen molar-refractivity contribution in [3.63, 3.8) is 0 Å². The summed E-state index contributed by atoms with van der Waals surface area (Å²) < 4.78 is 37.8. The van der Waals surface area contributed by atoms with Gasteiger partial charge in [-0.3, -0.25) is 4.79 Å². The SMILES string of the molecule is CSCCC(NC(N)=O)C(=O)NCC#Cc1cccc(C(F)(F)F)c1. The maximum absolute atomic E-state index is 12.6. The summed E-state index contributed by atoms with van der Waals surface area (Å²) in [7, 11) is 0. The first kappa shape index (κ1) is 20.7. The number of nitrogens with two attached hydrogens (primary N) is 1. The van der Waals surface area contributed by atoms with Crippen molar-refractivity contribution >= 4 is 23.7 Å². The summed E-state index contributed by atoms with van der Waals surface area (Å²) in [5, 5.41) is 4.84. The maximum atomic E-state index is 12.6. The lowest BCUT2D eigenvalue weighted by atomic mass is 10.1. The van der Waals surface area contributed by atoms with Gasteiger partial charge in [0.15, 0.2) is 0 Å². The molecule has 1 rings (SSSR count). The van der Waals surface area contributed by atoms with Gasteiger partial charge in [-0.15, -0.1) is 0 Å². The van der Waals surface area contributed by atoms with E-state index in [4.69, 9.17) is 5.73 Å². The number of amides is 3. The van der Waals surface area contributed by atoms with E-state index in [0.717, 1.165) is 12.1 Å². The second kappa shape index (κ2) is 9.84. The van der Waals surface area contributed by atoms with Crippen LogP contribution in [0.2, 0.25) is 0 Å². The van der Waals surface area contributed by atoms with Crippen LogP contribution in [0.15, 0.2) is 24.3 Å². The van der Waals surface area contributed by atoms with Crippen LogP contribution in [0.5, 0.6) is 0 Å². The van der Waals surface area contributed by atoms with Gasteiger partial charge < -0.3 is 16.4 Å². The largest absolute Gasteiger partial charge is 0.416 e. The molecular weight excluding hydrogens is 355 g/mol. The van der Waals surface area contributed by atoms with Crippen LogP contribution in [0.1, 0.15) is 17.5 Å². The monoisotopic (exact) mass is 373 g/mol. The molecule has 1 atom stereocenters. The zero-order chi connectivity index (χ0) is 18.9. The van der Waals surface area contributed by atoms with Crippen LogP contribution in [-0.2, 0) is 11.0 Å². The van der Waals surface area contributed by atoms with Gasteiger partial charge in [0.2, 0.25) is 5.91 Å². The van der Waals surface area contributed by atoms with E-state index in [1.165, 1.54) is 23.9 Å². The predicted octanol–water partition coefficient (Wildman–Crippen LogP) is 1.96. The Bertz CT molecular complexity index is 669. The number of hydrogen-bond donors (Lipinski definition) is 3. The van der Waals surface area contributed by atoms with Crippen LogP contribution < -0.4 is 16.4 Å². The molecule has 0 fully saturated rings. The highest BCUT2D eigenvalue weighted by Gasteiger charge is 2.30. The van der Waals surface area contributed by atoms with Crippen molar-refractivity contribution in [2.24, 2.45) is 5.73 Å². The number of hydrogen-bond acceptors (Lipinski definition) is 3. The number of benzene rings is 1. The topological polar surface area (TPSA) is 84.2 Å². The third kappa shape index (κ3) is 7.85. The highest BCUT2D eigenvalue weighted by atomic mass is 32.2. The summed E-state index contributed by atoms with van der Waals surface area (Å²) in [6, 6.07) is 3.01. The number of urea groups is 1. The molecule has 1 aromatic rings. The second-order valence-corrected chi connectivity index (χ2v) is 5.93. The molecule has 0 saturated carbocycles. The van der Waals surface area contributed by atoms with Gasteiger partial charge in [0.05, 0.1) is 12.1 Å². The summed E-state index contributed by atoms with van der Waals surface area (Å²) in [5.41, 5.74) is 4.43. The quantitative estimate of drug-likeness (QED) is 0.667. The van der Waals surface area contributed by atoms with E-state index >= 15 is 0 Å². The summed E-state index contributed by atoms with van der Waals surface area (Å²) in [4.78, 5) is 22.9. The van der Waals surface area contributed by atoms with E-state index in [9.17, 15) is 22.8 Å². The molecule has 4 N–H and O–H groups in total. The van der Waals surface area contributed by atoms with E-state index in [1.807, 2.05) is 6.26 Å². The zero-order valence-corrected chi connectivity index (χ0v) is 14.3. The molecule has 9 heteroatoms. The van der Waals surface area contributed by atoms with Crippen molar-refractivity contribution in [2.45, 2.75) is 18.6 Å². The Labute approximate surface area is 147 Å². The number of primary amides is 1. The number of halogens is 3. The fourth-order valence-electron chi connectivity index (χ4n) is 1.85. The van der Waals surface area contributed by atoms with Crippen molar-refractivity contribution in [1.29, 1.82) is 0 Å². The molecule has 0 radical (unpaired) electrons. The standard InChI is InChI=1S/C16H18F3N3O2S/c1-25-9-7-13(22-15(20)24)14(23)21-8-3-5-11-4-2-6-12(10-11)16(17,18)19/h2,4,6,10,13H,7-9H2,1H3,(H,21,23)(H3,20,22,24). The number of carbonyl (C=O) groups excluding carboxylic acids is 2. The van der Waals surface area contributed by atoms with Gasteiger partial charge in [-0.05, 0) is 36.6 Å². The van der Waals surface area contributed by atoms with E-state index in [2.05, 4.69) is 22.5 Å². The fourth-order valence-corrected chi connectivity index (χ4v) is 2.32. The first-order valence-electron chi connectivity index (χ1n) is 7.22. The highest BCUT2D eigenvalue weighted by molar-refractivity contribution is 7.98. The van der Waals surface area contributed by atoms with Gasteiger partial charge in [0.25, 0.3) is 0 Å². The average Bonchev–Trinajstić information content (AvgIpc) is 2.54. The van der Waals surface area contributed by atoms with Crippen LogP contribution in [0.4, 0.5) is 18.0 Å². The molecule has 1 aromatic carbocycles. The van der Waals surface area contributed by atoms with E-state index in [0.29, 0.717) is 12.2 Å². The van der Waals surface area contributed by atoms with Gasteiger partial charge in [-0.25, -0.2) is 4.79 Å². The van der Waals surface area contributed by atoms with Crippen LogP contribution >= 0.6 is 11.8 Å². The third-order valence-electron chi connectivity index (χ3n) is 3.02. The van der Waals surface area contributed by atoms with Crippen molar-refractivity contribution < 1.29 is 22.8 Å². The molecule has 0 aliphatic carbocycles. The second-order valence-electron chi connectivity index (χ2n) is 4.94. The maximum Gasteiger partial charge on any atom is 0.416 e. The van der Waals surface area contributed by atoms with E-state index in [1.54, 1.807) is 0 Å². The number of alkyl halides is 3. The Morgan fingerprint density at radius 2 is 2.08 bits per heavy atom. The third-order valence-corrected chi connectivity index (χ3v) is 3.66. The van der Waals surface area contributed by atoms with Gasteiger partial charge in [0, 0.05) is 5.56 Å². The molecule has 0 bridgehead atoms. The van der Waals surface area contributed by atoms with Gasteiger partial charge in [-0.1, -0.05) is 17.9 Å². The molecule has 5 nitrogen and oxygen atoms in total. The van der Waals surface area contributed by atoms with Crippen LogP contribution in [0.3, 0.4) is 0 Å². The molecule has 0 aromatic heterocycles. The van der Waals surface area contributed by atoms with E-state index < -0.39 is 29.7 Å². The fraction of sp³-hybridized carbons (Fsp3) is 0.375. The van der Waals surface area contributed by atoms with Crippen molar-refractivity contribution in [3.8, 4) is 11.8 Å². The van der Waals surface area contributed by atoms with Crippen LogP contribution in [0, 0.1) is 11.8 Å². The molecule has 0 saturated heterocycles. The number of thioether (sulfide) groups is 1. The van der Waals surface area contributed by atoms with E-state index in [-0.39, 0.29) is 12.1 Å². The lowest BCUT2D eigenvalue weighted by Crippen LogP contribution is -2.48. The van der Waals surface area contributed by atoms with Crippen molar-refractivity contribution in [1.82, 2.24) is 10.6 Å². The van der Waals surface area contributed by atoms with Gasteiger partial charge in [0.1, 0.15) is 6.04 Å². The smallest absolute Gasteiger partial charge is 0.352 e. The van der Waals surface area contributed by atoms with Crippen LogP contribution in [0.25, 0.3) is 0 Å². The van der Waals surface area contributed by atoms with Gasteiger partial charge >= 0.3 is 12.2 Å². The Morgan fingerprint density at radius 1 is 1.36 bits per heavy atom. The molecule has 1 unspecified atom stereocenters. The normalized spacial score (nSPS) is 11.8. The van der Waals surface area contributed by atoms with Crippen molar-refractivity contribution in [3.05, 3.63) is 35.4 Å². The molecule has 136 valence electrons. The zero-order valence-electron chi connectivity index (χ0n) is 13.4. The molecule has 0 aliphatic rings. The lowest BCUT2D eigenvalue weighted by molar-refractivity contribution is -0.137. The average molecular weight is 373 g/mol. The first-order chi connectivity index (χ1) is 11.7. The molecule has 0 heterocycles. The summed E-state index contributed by atoms with van der Waals surface area (Å²) in [6.07, 6.45) is -2.17. The summed E-state index contributed by atoms with van der Waals surface area (Å²) >= 11 is 1.51. The Kier molecular flexibility index (Phi) is 8.15. The Morgan fingerprint density at radius 3 is 2.68 bits per heavy atom. The molecular formula is C16H18F3N3O2S. The molecule has 25 heavy (non-hydrogen) atoms. The number of carbonyl (C=O) groups is 2. The summed E-state index contributed by atoms with van der Waals surface area (Å²) in [6.45, 7) is -0.0642. The minimum absolute atomic E-state index is 0.0642. The molecule has 0 aliphatic heterocycles. The van der Waals surface area contributed by atoms with Crippen LogP contribution in [-0.4, -0.2) is 36.5 Å². The van der Waals surface area contributed by atoms with Crippen molar-refractivity contribution in [2.75, 3.05) is 18.6 Å². The Hall–Kier alpha value is -2.34. The lowest BCUT2D eigenvalue weighted by Gasteiger charge is -2.15. The minimum atomic E-state index is -4.43. The first-order valence-corrected chi connectivity index (χ1v) is 8.62. The predicted molar refractivity (Wildman–Crippen MR) is 90.8 cm³/mol. The Balaban J connectivity index is 2.63. The number of nitrogens with one attached hydrogen (secondary N) is 2. The van der Waals surface area contributed by atoms with Gasteiger partial charge in [-0.2, -0.15) is 24.9 Å². The number of rotatable bonds is 6. The minimum Gasteiger partial charge on any atom is -0.352 e. The highest BCUT2D eigenvalue weighted by Crippen LogP contribution is 2.29.